The molecule has 0 aliphatic rings. The number of benzene rings is 3. The normalized spacial score (nSPS) is 10.6. The van der Waals surface area contributed by atoms with E-state index in [0.29, 0.717) is 34.2 Å². The Hall–Kier alpha value is -5.76. The van der Waals surface area contributed by atoms with Gasteiger partial charge in [-0.15, -0.1) is 5.10 Å². The number of anilines is 4. The number of nitrogens with zero attached hydrogens (tertiary/aromatic N) is 4. The molecule has 3 aromatic carbocycles. The molecular formula is C29H25N7O4. The number of nitrogen functional groups attached to an aromatic ring is 1. The average molecular weight is 536 g/mol. The number of hydrogen-bond acceptors (Lipinski definition) is 9. The zero-order chi connectivity index (χ0) is 28.2. The van der Waals surface area contributed by atoms with E-state index in [1.54, 1.807) is 61.7 Å². The second-order valence-corrected chi connectivity index (χ2v) is 8.53. The summed E-state index contributed by atoms with van der Waals surface area (Å²) in [6.45, 7) is 0. The van der Waals surface area contributed by atoms with Gasteiger partial charge in [-0.1, -0.05) is 18.2 Å². The molecule has 11 heteroatoms. The predicted molar refractivity (Wildman–Crippen MR) is 151 cm³/mol. The Bertz CT molecular complexity index is 1740. The first-order valence-corrected chi connectivity index (χ1v) is 12.1. The van der Waals surface area contributed by atoms with Crippen molar-refractivity contribution in [3.63, 3.8) is 0 Å². The molecular weight excluding hydrogens is 510 g/mol. The zero-order valence-corrected chi connectivity index (χ0v) is 21.9. The lowest BCUT2D eigenvalue weighted by Gasteiger charge is -2.13. The zero-order valence-electron chi connectivity index (χ0n) is 21.9. The summed E-state index contributed by atoms with van der Waals surface area (Å²) in [5.41, 5.74) is 8.72. The Kier molecular flexibility index (Phi) is 7.07. The maximum absolute atomic E-state index is 13.7. The summed E-state index contributed by atoms with van der Waals surface area (Å²) in [7, 11) is 4.61. The molecule has 0 unspecified atom stereocenters. The van der Waals surface area contributed by atoms with Crippen LogP contribution in [0.5, 0.6) is 17.2 Å². The van der Waals surface area contributed by atoms with Gasteiger partial charge in [-0.3, -0.25) is 4.79 Å². The van der Waals surface area contributed by atoms with Gasteiger partial charge >= 0.3 is 0 Å². The minimum Gasteiger partial charge on any atom is -0.497 e. The monoisotopic (exact) mass is 535 g/mol. The van der Waals surface area contributed by atoms with E-state index in [9.17, 15) is 10.1 Å². The molecule has 0 spiro atoms. The molecule has 2 aromatic heterocycles. The van der Waals surface area contributed by atoms with Crippen LogP contribution in [-0.2, 0) is 0 Å². The number of carbonyl (C=O) groups is 1. The van der Waals surface area contributed by atoms with Gasteiger partial charge < -0.3 is 30.6 Å². The highest BCUT2D eigenvalue weighted by atomic mass is 16.5. The summed E-state index contributed by atoms with van der Waals surface area (Å²) in [5.74, 6) is 1.36. The Morgan fingerprint density at radius 1 is 0.925 bits per heavy atom. The Labute approximate surface area is 229 Å². The average Bonchev–Trinajstić information content (AvgIpc) is 3.35. The van der Waals surface area contributed by atoms with Crippen LogP contribution in [0, 0.1) is 11.3 Å². The van der Waals surface area contributed by atoms with Crippen molar-refractivity contribution in [3.05, 3.63) is 83.9 Å². The highest BCUT2D eigenvalue weighted by molar-refractivity contribution is 6.12. The van der Waals surface area contributed by atoms with Crippen LogP contribution < -0.4 is 30.6 Å². The molecule has 5 rings (SSSR count). The third-order valence-electron chi connectivity index (χ3n) is 6.18. The third-order valence-corrected chi connectivity index (χ3v) is 6.18. The fraction of sp³-hybridized carbons (Fsp3) is 0.103. The van der Waals surface area contributed by atoms with Crippen LogP contribution in [-0.4, -0.2) is 41.8 Å². The first-order valence-electron chi connectivity index (χ1n) is 12.1. The quantitative estimate of drug-likeness (QED) is 0.253. The summed E-state index contributed by atoms with van der Waals surface area (Å²) >= 11 is 0. The molecule has 200 valence electrons. The Morgan fingerprint density at radius 3 is 2.27 bits per heavy atom. The smallest absolute Gasteiger partial charge is 0.263 e. The van der Waals surface area contributed by atoms with E-state index in [1.807, 2.05) is 18.2 Å². The molecule has 1 amide bonds. The van der Waals surface area contributed by atoms with Crippen molar-refractivity contribution in [2.75, 3.05) is 37.7 Å². The minimum atomic E-state index is -0.475. The first-order chi connectivity index (χ1) is 19.5. The van der Waals surface area contributed by atoms with Crippen molar-refractivity contribution >= 4 is 34.6 Å². The van der Waals surface area contributed by atoms with Crippen LogP contribution in [0.4, 0.5) is 23.0 Å². The van der Waals surface area contributed by atoms with E-state index in [4.69, 9.17) is 24.9 Å². The van der Waals surface area contributed by atoms with Gasteiger partial charge in [-0.25, -0.2) is 4.98 Å². The van der Waals surface area contributed by atoms with E-state index < -0.39 is 5.91 Å². The second-order valence-electron chi connectivity index (χ2n) is 8.53. The van der Waals surface area contributed by atoms with Crippen molar-refractivity contribution in [1.82, 2.24) is 14.6 Å². The van der Waals surface area contributed by atoms with E-state index in [1.165, 1.54) is 18.7 Å². The van der Waals surface area contributed by atoms with Gasteiger partial charge in [-0.05, 0) is 54.6 Å². The van der Waals surface area contributed by atoms with Gasteiger partial charge in [0.1, 0.15) is 40.3 Å². The highest BCUT2D eigenvalue weighted by Crippen LogP contribution is 2.37. The molecule has 0 atom stereocenters. The molecule has 4 N–H and O–H groups in total. The van der Waals surface area contributed by atoms with Crippen molar-refractivity contribution < 1.29 is 19.0 Å². The molecule has 0 bridgehead atoms. The SMILES string of the molecule is COc1ccc(Nc2nn3c(N)c(C#N)c(-c4cc(OC)ccc4OC)nc3c2C(=O)Nc2ccccc2)cc1. The number of ether oxygens (including phenoxy) is 3. The molecule has 40 heavy (non-hydrogen) atoms. The van der Waals surface area contributed by atoms with Gasteiger partial charge in [0.15, 0.2) is 11.5 Å². The summed E-state index contributed by atoms with van der Waals surface area (Å²) < 4.78 is 17.4. The molecule has 0 saturated carbocycles. The van der Waals surface area contributed by atoms with Crippen LogP contribution in [0.1, 0.15) is 15.9 Å². The number of hydrogen-bond donors (Lipinski definition) is 3. The topological polar surface area (TPSA) is 149 Å². The summed E-state index contributed by atoms with van der Waals surface area (Å²) in [4.78, 5) is 18.5. The van der Waals surface area contributed by atoms with Crippen molar-refractivity contribution in [2.24, 2.45) is 0 Å². The molecule has 0 fully saturated rings. The number of amides is 1. The number of methoxy groups -OCH3 is 3. The van der Waals surface area contributed by atoms with Crippen LogP contribution in [0.25, 0.3) is 16.9 Å². The molecule has 0 aliphatic carbocycles. The van der Waals surface area contributed by atoms with E-state index in [2.05, 4.69) is 21.8 Å². The van der Waals surface area contributed by atoms with Gasteiger partial charge in [0.2, 0.25) is 0 Å². The number of carbonyl (C=O) groups excluding carboxylic acids is 1. The fourth-order valence-corrected chi connectivity index (χ4v) is 4.20. The number of rotatable bonds is 8. The van der Waals surface area contributed by atoms with Crippen LogP contribution in [0.15, 0.2) is 72.8 Å². The predicted octanol–water partition coefficient (Wildman–Crippen LogP) is 4.87. The number of para-hydroxylation sites is 1. The Balaban J connectivity index is 1.74. The summed E-state index contributed by atoms with van der Waals surface area (Å²) in [5, 5.41) is 20.7. The van der Waals surface area contributed by atoms with Gasteiger partial charge in [-0.2, -0.15) is 9.78 Å². The molecule has 0 radical (unpaired) electrons. The molecule has 5 aromatic rings. The summed E-state index contributed by atoms with van der Waals surface area (Å²) in [6, 6.07) is 23.4. The molecule has 0 aliphatic heterocycles. The maximum Gasteiger partial charge on any atom is 0.263 e. The van der Waals surface area contributed by atoms with Crippen LogP contribution in [0.3, 0.4) is 0 Å². The van der Waals surface area contributed by atoms with Crippen molar-refractivity contribution in [2.45, 2.75) is 0 Å². The number of nitrogens with two attached hydrogens (primary N) is 1. The third kappa shape index (κ3) is 4.77. The maximum atomic E-state index is 13.7. The fourth-order valence-electron chi connectivity index (χ4n) is 4.20. The number of nitrogens with one attached hydrogen (secondary N) is 2. The lowest BCUT2D eigenvalue weighted by Crippen LogP contribution is -2.14. The number of aromatic nitrogens is 3. The van der Waals surface area contributed by atoms with E-state index in [-0.39, 0.29) is 34.1 Å². The van der Waals surface area contributed by atoms with Crippen molar-refractivity contribution in [1.29, 1.82) is 5.26 Å². The van der Waals surface area contributed by atoms with E-state index >= 15 is 0 Å². The first kappa shape index (κ1) is 25.9. The second kappa shape index (κ2) is 10.9. The van der Waals surface area contributed by atoms with Crippen molar-refractivity contribution in [3.8, 4) is 34.6 Å². The van der Waals surface area contributed by atoms with Crippen LogP contribution in [0.2, 0.25) is 0 Å². The summed E-state index contributed by atoms with van der Waals surface area (Å²) in [6.07, 6.45) is 0. The van der Waals surface area contributed by atoms with Crippen LogP contribution >= 0.6 is 0 Å². The van der Waals surface area contributed by atoms with Gasteiger partial charge in [0, 0.05) is 16.9 Å². The van der Waals surface area contributed by atoms with E-state index in [0.717, 1.165) is 0 Å². The lowest BCUT2D eigenvalue weighted by atomic mass is 10.0. The highest BCUT2D eigenvalue weighted by Gasteiger charge is 2.27. The standard InChI is InChI=1S/C29H25N7O4/c1-38-19-11-9-18(10-12-19)32-27-24(29(37)33-17-7-5-4-6-8-17)28-34-25(22(16-30)26(31)36(28)35-27)21-15-20(39-2)13-14-23(21)40-3/h4-15H,31H2,1-3H3,(H,32,35)(H,33,37). The van der Waals surface area contributed by atoms with Gasteiger partial charge in [0.05, 0.1) is 27.0 Å². The minimum absolute atomic E-state index is 0.00362. The number of fused-ring (bicyclic) bond motifs is 1. The number of nitriles is 1. The van der Waals surface area contributed by atoms with Gasteiger partial charge in [0.25, 0.3) is 5.91 Å². The molecule has 2 heterocycles. The lowest BCUT2D eigenvalue weighted by molar-refractivity contribution is 0.102. The Morgan fingerprint density at radius 2 is 1.62 bits per heavy atom. The molecule has 0 saturated heterocycles. The molecule has 11 nitrogen and oxygen atoms in total. The largest absolute Gasteiger partial charge is 0.497 e.